The molecule has 0 aliphatic carbocycles. The molecule has 3 N–H and O–H groups in total. The summed E-state index contributed by atoms with van der Waals surface area (Å²) in [6.07, 6.45) is -4.12. The molecule has 0 radical (unpaired) electrons. The number of benzene rings is 2. The highest BCUT2D eigenvalue weighted by Crippen LogP contribution is 2.26. The van der Waals surface area contributed by atoms with Gasteiger partial charge in [0.1, 0.15) is 0 Å². The molecule has 0 saturated carbocycles. The SMILES string of the molecule is CCCn1nc(C)cc1CN(C)c1ccc(NC(=O)c2ccccc2)cc1C(=O)O.O=C(O)C(F)(F)F. The lowest BCUT2D eigenvalue weighted by Gasteiger charge is -2.22. The second-order valence-electron chi connectivity index (χ2n) is 8.02. The summed E-state index contributed by atoms with van der Waals surface area (Å²) in [5.74, 6) is -4.09. The van der Waals surface area contributed by atoms with E-state index in [-0.39, 0.29) is 11.5 Å². The third-order valence-electron chi connectivity index (χ3n) is 4.99. The van der Waals surface area contributed by atoms with Crippen LogP contribution in [0.3, 0.4) is 0 Å². The number of anilines is 2. The van der Waals surface area contributed by atoms with Gasteiger partial charge in [0.05, 0.1) is 29.2 Å². The van der Waals surface area contributed by atoms with E-state index in [0.29, 0.717) is 23.5 Å². The minimum atomic E-state index is -5.08. The smallest absolute Gasteiger partial charge is 0.478 e. The van der Waals surface area contributed by atoms with E-state index in [4.69, 9.17) is 9.90 Å². The fourth-order valence-corrected chi connectivity index (χ4v) is 3.37. The van der Waals surface area contributed by atoms with E-state index < -0.39 is 18.1 Å². The van der Waals surface area contributed by atoms with E-state index in [9.17, 15) is 27.9 Å². The predicted molar refractivity (Wildman–Crippen MR) is 131 cm³/mol. The molecule has 0 bridgehead atoms. The van der Waals surface area contributed by atoms with Crippen molar-refractivity contribution >= 4 is 29.2 Å². The van der Waals surface area contributed by atoms with Gasteiger partial charge in [0.2, 0.25) is 0 Å². The molecule has 0 fully saturated rings. The highest BCUT2D eigenvalue weighted by atomic mass is 19.4. The largest absolute Gasteiger partial charge is 0.490 e. The molecule has 1 amide bonds. The molecular formula is C25H27F3N4O5. The van der Waals surface area contributed by atoms with E-state index in [1.165, 1.54) is 6.07 Å². The average Bonchev–Trinajstić information content (AvgIpc) is 3.17. The Balaban J connectivity index is 0.000000604. The monoisotopic (exact) mass is 520 g/mol. The standard InChI is InChI=1S/C23H26N4O3.C2HF3O2/c1-4-12-27-19(13-16(2)25-27)15-26(3)21-11-10-18(14-20(21)23(29)30)24-22(28)17-8-6-5-7-9-17;3-2(4,5)1(6)7/h5-11,13-14H,4,12,15H2,1-3H3,(H,24,28)(H,29,30);(H,6,7). The predicted octanol–water partition coefficient (Wildman–Crippen LogP) is 4.82. The van der Waals surface area contributed by atoms with Gasteiger partial charge in [-0.3, -0.25) is 9.48 Å². The summed E-state index contributed by atoms with van der Waals surface area (Å²) in [6, 6.07) is 15.7. The Morgan fingerprint density at radius 3 is 2.22 bits per heavy atom. The van der Waals surface area contributed by atoms with Crippen LogP contribution in [0.5, 0.6) is 0 Å². The number of hydrogen-bond donors (Lipinski definition) is 3. The zero-order chi connectivity index (χ0) is 27.8. The van der Waals surface area contributed by atoms with Crippen LogP contribution in [-0.2, 0) is 17.9 Å². The molecule has 198 valence electrons. The third kappa shape index (κ3) is 8.37. The summed E-state index contributed by atoms with van der Waals surface area (Å²) < 4.78 is 33.7. The summed E-state index contributed by atoms with van der Waals surface area (Å²) in [5.41, 5.74) is 3.60. The van der Waals surface area contributed by atoms with Crippen LogP contribution >= 0.6 is 0 Å². The summed E-state index contributed by atoms with van der Waals surface area (Å²) in [6.45, 7) is 5.38. The van der Waals surface area contributed by atoms with Gasteiger partial charge in [-0.2, -0.15) is 18.3 Å². The molecule has 37 heavy (non-hydrogen) atoms. The number of aliphatic carboxylic acids is 1. The molecule has 9 nitrogen and oxygen atoms in total. The fraction of sp³-hybridized carbons (Fsp3) is 0.280. The number of amides is 1. The summed E-state index contributed by atoms with van der Waals surface area (Å²) in [4.78, 5) is 35.1. The van der Waals surface area contributed by atoms with Crippen LogP contribution in [0.1, 0.15) is 45.4 Å². The van der Waals surface area contributed by atoms with Crippen molar-refractivity contribution in [2.75, 3.05) is 17.3 Å². The molecule has 1 heterocycles. The Labute approximate surface area is 211 Å². The maximum Gasteiger partial charge on any atom is 0.490 e. The van der Waals surface area contributed by atoms with Gasteiger partial charge in [-0.05, 0) is 49.7 Å². The molecule has 0 saturated heterocycles. The lowest BCUT2D eigenvalue weighted by Crippen LogP contribution is -2.22. The first-order valence-corrected chi connectivity index (χ1v) is 11.1. The van der Waals surface area contributed by atoms with Gasteiger partial charge in [0.15, 0.2) is 0 Å². The van der Waals surface area contributed by atoms with Gasteiger partial charge in [-0.1, -0.05) is 25.1 Å². The molecule has 3 aromatic rings. The summed E-state index contributed by atoms with van der Waals surface area (Å²) in [5, 5.41) is 24.1. The number of aromatic nitrogens is 2. The van der Waals surface area contributed by atoms with E-state index in [0.717, 1.165) is 24.4 Å². The Morgan fingerprint density at radius 1 is 1.05 bits per heavy atom. The Bertz CT molecular complexity index is 1240. The van der Waals surface area contributed by atoms with Crippen LogP contribution in [0.25, 0.3) is 0 Å². The van der Waals surface area contributed by atoms with Crippen molar-refractivity contribution in [1.29, 1.82) is 0 Å². The molecule has 3 rings (SSSR count). The average molecular weight is 521 g/mol. The Hall–Kier alpha value is -4.35. The molecule has 0 spiro atoms. The van der Waals surface area contributed by atoms with Crippen LogP contribution in [0.4, 0.5) is 24.5 Å². The van der Waals surface area contributed by atoms with Crippen molar-refractivity contribution in [3.63, 3.8) is 0 Å². The van der Waals surface area contributed by atoms with Gasteiger partial charge < -0.3 is 20.4 Å². The number of alkyl halides is 3. The van der Waals surface area contributed by atoms with Crippen LogP contribution in [0.2, 0.25) is 0 Å². The second kappa shape index (κ2) is 12.6. The van der Waals surface area contributed by atoms with Crippen LogP contribution < -0.4 is 10.2 Å². The van der Waals surface area contributed by atoms with Crippen molar-refractivity contribution in [2.24, 2.45) is 0 Å². The second-order valence-corrected chi connectivity index (χ2v) is 8.02. The van der Waals surface area contributed by atoms with Crippen molar-refractivity contribution < 1.29 is 37.8 Å². The first kappa shape index (κ1) is 28.9. The molecule has 2 aromatic carbocycles. The highest BCUT2D eigenvalue weighted by Gasteiger charge is 2.38. The molecule has 0 atom stereocenters. The number of hydrogen-bond acceptors (Lipinski definition) is 5. The van der Waals surface area contributed by atoms with Crippen molar-refractivity contribution in [3.05, 3.63) is 77.1 Å². The first-order chi connectivity index (χ1) is 17.3. The minimum absolute atomic E-state index is 0.127. The van der Waals surface area contributed by atoms with E-state index in [1.807, 2.05) is 35.7 Å². The zero-order valence-electron chi connectivity index (χ0n) is 20.4. The van der Waals surface area contributed by atoms with Crippen molar-refractivity contribution in [2.45, 2.75) is 39.5 Å². The number of carboxylic acid groups (broad SMARTS) is 2. The Morgan fingerprint density at radius 2 is 1.68 bits per heavy atom. The lowest BCUT2D eigenvalue weighted by atomic mass is 10.1. The number of nitrogens with one attached hydrogen (secondary N) is 1. The summed E-state index contributed by atoms with van der Waals surface area (Å²) in [7, 11) is 1.85. The lowest BCUT2D eigenvalue weighted by molar-refractivity contribution is -0.192. The highest BCUT2D eigenvalue weighted by molar-refractivity contribution is 6.05. The number of carboxylic acids is 2. The van der Waals surface area contributed by atoms with Crippen LogP contribution in [0.15, 0.2) is 54.6 Å². The van der Waals surface area contributed by atoms with Gasteiger partial charge in [-0.25, -0.2) is 9.59 Å². The number of nitrogens with zero attached hydrogens (tertiary/aromatic N) is 3. The maximum absolute atomic E-state index is 12.4. The quantitative estimate of drug-likeness (QED) is 0.389. The topological polar surface area (TPSA) is 125 Å². The number of rotatable bonds is 8. The number of carbonyl (C=O) groups is 3. The van der Waals surface area contributed by atoms with Crippen molar-refractivity contribution in [1.82, 2.24) is 9.78 Å². The normalized spacial score (nSPS) is 10.8. The number of halogens is 3. The number of aromatic carboxylic acids is 1. The number of carbonyl (C=O) groups excluding carboxylic acids is 1. The van der Waals surface area contributed by atoms with Crippen LogP contribution in [0, 0.1) is 6.92 Å². The molecule has 0 aliphatic rings. The first-order valence-electron chi connectivity index (χ1n) is 11.1. The van der Waals surface area contributed by atoms with Crippen LogP contribution in [-0.4, -0.2) is 51.1 Å². The van der Waals surface area contributed by atoms with Gasteiger partial charge in [-0.15, -0.1) is 0 Å². The zero-order valence-corrected chi connectivity index (χ0v) is 20.4. The molecule has 1 aromatic heterocycles. The molecule has 0 aliphatic heterocycles. The minimum Gasteiger partial charge on any atom is -0.478 e. The molecular weight excluding hydrogens is 493 g/mol. The number of aryl methyl sites for hydroxylation is 2. The molecule has 0 unspecified atom stereocenters. The molecule has 12 heteroatoms. The van der Waals surface area contributed by atoms with Gasteiger partial charge >= 0.3 is 18.1 Å². The Kier molecular flexibility index (Phi) is 9.81. The van der Waals surface area contributed by atoms with E-state index >= 15 is 0 Å². The van der Waals surface area contributed by atoms with Gasteiger partial charge in [0.25, 0.3) is 5.91 Å². The van der Waals surface area contributed by atoms with Crippen molar-refractivity contribution in [3.8, 4) is 0 Å². The van der Waals surface area contributed by atoms with E-state index in [2.05, 4.69) is 17.3 Å². The van der Waals surface area contributed by atoms with E-state index in [1.54, 1.807) is 36.4 Å². The van der Waals surface area contributed by atoms with Gasteiger partial charge in [0, 0.05) is 24.8 Å². The summed E-state index contributed by atoms with van der Waals surface area (Å²) >= 11 is 0. The fourth-order valence-electron chi connectivity index (χ4n) is 3.37. The maximum atomic E-state index is 12.4. The third-order valence-corrected chi connectivity index (χ3v) is 4.99.